The third-order valence-electron chi connectivity index (χ3n) is 5.10. The fourth-order valence-electron chi connectivity index (χ4n) is 3.64. The van der Waals surface area contributed by atoms with Gasteiger partial charge in [-0.1, -0.05) is 23.2 Å². The molecular formula is C25H24Cl2N4O4S. The van der Waals surface area contributed by atoms with Gasteiger partial charge in [0.25, 0.3) is 10.0 Å². The van der Waals surface area contributed by atoms with Crippen LogP contribution in [-0.2, 0) is 19.6 Å². The van der Waals surface area contributed by atoms with Crippen molar-refractivity contribution in [2.24, 2.45) is 0 Å². The van der Waals surface area contributed by atoms with Crippen LogP contribution in [0.4, 0.5) is 11.4 Å². The van der Waals surface area contributed by atoms with E-state index in [9.17, 15) is 13.2 Å². The molecule has 0 fully saturated rings. The number of anilines is 2. The highest BCUT2D eigenvalue weighted by Gasteiger charge is 2.30. The number of aromatic nitrogens is 2. The molecule has 0 atom stereocenters. The molecule has 0 amide bonds. The molecule has 11 heteroatoms. The minimum absolute atomic E-state index is 0.146. The third kappa shape index (κ3) is 5.59. The van der Waals surface area contributed by atoms with Crippen LogP contribution in [0.15, 0.2) is 71.9 Å². The van der Waals surface area contributed by atoms with Crippen LogP contribution < -0.4 is 10.0 Å². The van der Waals surface area contributed by atoms with Gasteiger partial charge >= 0.3 is 5.97 Å². The summed E-state index contributed by atoms with van der Waals surface area (Å²) in [6.45, 7) is 4.58. The van der Waals surface area contributed by atoms with E-state index < -0.39 is 28.1 Å². The van der Waals surface area contributed by atoms with Crippen molar-refractivity contribution in [3.8, 4) is 5.82 Å². The lowest BCUT2D eigenvalue weighted by molar-refractivity contribution is -0.152. The van der Waals surface area contributed by atoms with Gasteiger partial charge in [-0.25, -0.2) is 13.4 Å². The number of hydrogen-bond donors (Lipinski definition) is 1. The summed E-state index contributed by atoms with van der Waals surface area (Å²) in [5.41, 5.74) is 6.55. The Labute approximate surface area is 219 Å². The van der Waals surface area contributed by atoms with E-state index in [1.807, 2.05) is 16.8 Å². The largest absolute Gasteiger partial charge is 0.459 e. The van der Waals surface area contributed by atoms with Crippen molar-refractivity contribution < 1.29 is 17.9 Å². The van der Waals surface area contributed by atoms with Crippen molar-refractivity contribution >= 4 is 61.5 Å². The van der Waals surface area contributed by atoms with Gasteiger partial charge in [0.1, 0.15) is 18.0 Å². The number of nitrogens with zero attached hydrogens (tertiary/aromatic N) is 3. The van der Waals surface area contributed by atoms with Crippen LogP contribution >= 0.6 is 23.2 Å². The van der Waals surface area contributed by atoms with E-state index in [-0.39, 0.29) is 20.6 Å². The molecule has 0 saturated carbocycles. The number of carbonyl (C=O) groups excluding carboxylic acids is 1. The number of benzene rings is 2. The van der Waals surface area contributed by atoms with Gasteiger partial charge in [-0.05, 0) is 75.4 Å². The van der Waals surface area contributed by atoms with E-state index in [2.05, 4.69) is 4.98 Å². The number of hydrogen-bond acceptors (Lipinski definition) is 6. The van der Waals surface area contributed by atoms with Crippen LogP contribution in [0.25, 0.3) is 16.7 Å². The molecule has 0 aliphatic carbocycles. The normalized spacial score (nSPS) is 12.0. The molecule has 8 nitrogen and oxygen atoms in total. The Morgan fingerprint density at radius 2 is 1.75 bits per heavy atom. The highest BCUT2D eigenvalue weighted by molar-refractivity contribution is 7.92. The Morgan fingerprint density at radius 1 is 1.06 bits per heavy atom. The van der Waals surface area contributed by atoms with E-state index >= 15 is 0 Å². The van der Waals surface area contributed by atoms with Crippen LogP contribution in [0.3, 0.4) is 0 Å². The van der Waals surface area contributed by atoms with Gasteiger partial charge < -0.3 is 15.0 Å². The first-order chi connectivity index (χ1) is 16.8. The monoisotopic (exact) mass is 546 g/mol. The highest BCUT2D eigenvalue weighted by Crippen LogP contribution is 2.31. The summed E-state index contributed by atoms with van der Waals surface area (Å²) >= 11 is 12.1. The molecule has 2 N–H and O–H groups in total. The molecule has 2 aromatic heterocycles. The lowest BCUT2D eigenvalue weighted by atomic mass is 10.2. The molecule has 0 saturated heterocycles. The zero-order valence-corrected chi connectivity index (χ0v) is 22.1. The molecule has 2 aromatic carbocycles. The van der Waals surface area contributed by atoms with E-state index in [0.29, 0.717) is 11.5 Å². The maximum absolute atomic E-state index is 13.7. The van der Waals surface area contributed by atoms with E-state index in [4.69, 9.17) is 33.7 Å². The number of nitrogen functional groups attached to an aromatic ring is 1. The molecule has 0 bridgehead atoms. The fourth-order valence-corrected chi connectivity index (χ4v) is 5.76. The van der Waals surface area contributed by atoms with Crippen molar-refractivity contribution in [3.63, 3.8) is 0 Å². The summed E-state index contributed by atoms with van der Waals surface area (Å²) in [6.07, 6.45) is 3.37. The lowest BCUT2D eigenvalue weighted by Gasteiger charge is -2.26. The van der Waals surface area contributed by atoms with E-state index in [1.54, 1.807) is 57.3 Å². The zero-order chi connectivity index (χ0) is 26.3. The Bertz CT molecular complexity index is 1520. The second-order valence-corrected chi connectivity index (χ2v) is 11.8. The van der Waals surface area contributed by atoms with Crippen molar-refractivity contribution in [1.29, 1.82) is 0 Å². The highest BCUT2D eigenvalue weighted by atomic mass is 35.5. The number of ether oxygens (including phenoxy) is 1. The Hall–Kier alpha value is -3.27. The first-order valence-electron chi connectivity index (χ1n) is 10.9. The second kappa shape index (κ2) is 9.65. The minimum Gasteiger partial charge on any atom is -0.459 e. The van der Waals surface area contributed by atoms with Crippen LogP contribution in [0.5, 0.6) is 0 Å². The molecule has 0 unspecified atom stereocenters. The number of sulfonamides is 1. The minimum atomic E-state index is -4.24. The van der Waals surface area contributed by atoms with Crippen LogP contribution in [0.2, 0.25) is 10.0 Å². The van der Waals surface area contributed by atoms with Gasteiger partial charge in [-0.2, -0.15) is 0 Å². The molecule has 188 valence electrons. The standard InChI is InChI=1S/C25H24Cl2N4O4S/c1-25(2,3)35-24(32)15-31(36(33,34)21-12-17(26)11-18(27)13-21)20-5-6-22-16(10-20)8-9-30(22)23-7-4-19(28)14-29-23/h4-14H,15,28H2,1-3H3. The second-order valence-electron chi connectivity index (χ2n) is 9.08. The average molecular weight is 547 g/mol. The Balaban J connectivity index is 1.80. The molecular weight excluding hydrogens is 523 g/mol. The zero-order valence-electron chi connectivity index (χ0n) is 19.8. The van der Waals surface area contributed by atoms with Gasteiger partial charge in [0.2, 0.25) is 0 Å². The number of fused-ring (bicyclic) bond motifs is 1. The summed E-state index contributed by atoms with van der Waals surface area (Å²) < 4.78 is 35.7. The maximum Gasteiger partial charge on any atom is 0.327 e. The van der Waals surface area contributed by atoms with Gasteiger partial charge in [-0.15, -0.1) is 0 Å². The molecule has 0 radical (unpaired) electrons. The fraction of sp³-hybridized carbons (Fsp3) is 0.200. The first-order valence-corrected chi connectivity index (χ1v) is 13.1. The average Bonchev–Trinajstić information content (AvgIpc) is 3.19. The van der Waals surface area contributed by atoms with Crippen molar-refractivity contribution in [3.05, 3.63) is 77.0 Å². The predicted octanol–water partition coefficient (Wildman–Crippen LogP) is 5.45. The van der Waals surface area contributed by atoms with Gasteiger partial charge in [0.15, 0.2) is 0 Å². The topological polar surface area (TPSA) is 108 Å². The summed E-state index contributed by atoms with van der Waals surface area (Å²) in [4.78, 5) is 16.9. The molecule has 4 rings (SSSR count). The number of nitrogens with two attached hydrogens (primary N) is 1. The molecule has 2 heterocycles. The third-order valence-corrected chi connectivity index (χ3v) is 7.28. The maximum atomic E-state index is 13.7. The summed E-state index contributed by atoms with van der Waals surface area (Å²) in [6, 6.07) is 14.4. The van der Waals surface area contributed by atoms with Gasteiger partial charge in [0.05, 0.1) is 28.0 Å². The van der Waals surface area contributed by atoms with E-state index in [0.717, 1.165) is 15.2 Å². The molecule has 0 aliphatic heterocycles. The quantitative estimate of drug-likeness (QED) is 0.322. The van der Waals surface area contributed by atoms with Crippen LogP contribution in [0, 0.1) is 0 Å². The number of pyridine rings is 1. The molecule has 0 spiro atoms. The summed E-state index contributed by atoms with van der Waals surface area (Å²) in [5.74, 6) is -0.0540. The summed E-state index contributed by atoms with van der Waals surface area (Å²) in [7, 11) is -4.24. The van der Waals surface area contributed by atoms with E-state index in [1.165, 1.54) is 18.2 Å². The SMILES string of the molecule is CC(C)(C)OC(=O)CN(c1ccc2c(ccn2-c2ccc(N)cn2)c1)S(=O)(=O)c1cc(Cl)cc(Cl)c1. The molecule has 36 heavy (non-hydrogen) atoms. The number of carbonyl (C=O) groups is 1. The molecule has 4 aromatic rings. The number of esters is 1. The molecule has 0 aliphatic rings. The Morgan fingerprint density at radius 3 is 2.36 bits per heavy atom. The van der Waals surface area contributed by atoms with Crippen LogP contribution in [0.1, 0.15) is 20.8 Å². The van der Waals surface area contributed by atoms with Gasteiger partial charge in [0, 0.05) is 21.6 Å². The van der Waals surface area contributed by atoms with Crippen molar-refractivity contribution in [2.45, 2.75) is 31.3 Å². The predicted molar refractivity (Wildman–Crippen MR) is 142 cm³/mol. The van der Waals surface area contributed by atoms with Gasteiger partial charge in [-0.3, -0.25) is 9.10 Å². The summed E-state index contributed by atoms with van der Waals surface area (Å²) in [5, 5.41) is 1.04. The van der Waals surface area contributed by atoms with Crippen molar-refractivity contribution in [2.75, 3.05) is 16.6 Å². The number of rotatable bonds is 6. The Kier molecular flexibility index (Phi) is 6.92. The smallest absolute Gasteiger partial charge is 0.327 e. The first kappa shape index (κ1) is 25.8. The number of halogens is 2. The lowest BCUT2D eigenvalue weighted by Crippen LogP contribution is -2.39. The van der Waals surface area contributed by atoms with Crippen molar-refractivity contribution in [1.82, 2.24) is 9.55 Å². The van der Waals surface area contributed by atoms with Crippen LogP contribution in [-0.4, -0.2) is 36.1 Å².